The topological polar surface area (TPSA) is 3.24 Å². The molecule has 0 aliphatic rings. The SMILES string of the molecule is CCC=CCCCCCCCN(CC)CC. The van der Waals surface area contributed by atoms with Crippen molar-refractivity contribution >= 4 is 0 Å². The Kier molecular flexibility index (Phi) is 12.5. The average Bonchev–Trinajstić information content (AvgIpc) is 2.32. The van der Waals surface area contributed by atoms with Gasteiger partial charge in [0.2, 0.25) is 0 Å². The zero-order valence-corrected chi connectivity index (χ0v) is 11.7. The van der Waals surface area contributed by atoms with E-state index in [-0.39, 0.29) is 0 Å². The van der Waals surface area contributed by atoms with Crippen molar-refractivity contribution in [3.05, 3.63) is 12.2 Å². The molecule has 1 nitrogen and oxygen atoms in total. The highest BCUT2D eigenvalue weighted by molar-refractivity contribution is 4.79. The van der Waals surface area contributed by atoms with Gasteiger partial charge in [-0.25, -0.2) is 0 Å². The average molecular weight is 225 g/mol. The molecule has 0 bridgehead atoms. The van der Waals surface area contributed by atoms with Crippen LogP contribution in [0.3, 0.4) is 0 Å². The van der Waals surface area contributed by atoms with Crippen LogP contribution in [0.5, 0.6) is 0 Å². The van der Waals surface area contributed by atoms with Crippen molar-refractivity contribution in [1.82, 2.24) is 4.90 Å². The minimum atomic E-state index is 1.18. The number of hydrogen-bond donors (Lipinski definition) is 0. The molecule has 0 atom stereocenters. The van der Waals surface area contributed by atoms with E-state index in [0.29, 0.717) is 0 Å². The van der Waals surface area contributed by atoms with E-state index in [0.717, 1.165) is 0 Å². The summed E-state index contributed by atoms with van der Waals surface area (Å²) in [6.07, 6.45) is 14.1. The van der Waals surface area contributed by atoms with Crippen molar-refractivity contribution < 1.29 is 0 Å². The molecule has 0 radical (unpaired) electrons. The molecular formula is C15H31N. The standard InChI is InChI=1S/C15H31N/c1-4-7-8-9-10-11-12-13-14-15-16(5-2)6-3/h7-8H,4-6,9-15H2,1-3H3. The predicted octanol–water partition coefficient (Wildman–Crippen LogP) is 4.64. The van der Waals surface area contributed by atoms with Crippen molar-refractivity contribution in [2.45, 2.75) is 65.7 Å². The lowest BCUT2D eigenvalue weighted by atomic mass is 10.1. The summed E-state index contributed by atoms with van der Waals surface area (Å²) < 4.78 is 0. The number of unbranched alkanes of at least 4 members (excludes halogenated alkanes) is 5. The highest BCUT2D eigenvalue weighted by Gasteiger charge is 1.97. The van der Waals surface area contributed by atoms with Gasteiger partial charge in [-0.2, -0.15) is 0 Å². The molecule has 0 amide bonds. The molecule has 0 saturated heterocycles. The molecule has 0 rings (SSSR count). The molecule has 0 aliphatic carbocycles. The lowest BCUT2D eigenvalue weighted by Gasteiger charge is -2.17. The van der Waals surface area contributed by atoms with Gasteiger partial charge in [-0.3, -0.25) is 0 Å². The van der Waals surface area contributed by atoms with Crippen LogP contribution in [0.15, 0.2) is 12.2 Å². The summed E-state index contributed by atoms with van der Waals surface area (Å²) in [5.41, 5.74) is 0. The molecule has 0 aromatic carbocycles. The monoisotopic (exact) mass is 225 g/mol. The van der Waals surface area contributed by atoms with Gasteiger partial charge in [0.05, 0.1) is 0 Å². The quantitative estimate of drug-likeness (QED) is 0.366. The Morgan fingerprint density at radius 1 is 0.750 bits per heavy atom. The Bertz CT molecular complexity index is 148. The van der Waals surface area contributed by atoms with Crippen LogP contribution in [0.25, 0.3) is 0 Å². The van der Waals surface area contributed by atoms with E-state index in [9.17, 15) is 0 Å². The maximum atomic E-state index is 2.52. The van der Waals surface area contributed by atoms with E-state index in [2.05, 4.69) is 37.8 Å². The van der Waals surface area contributed by atoms with Gasteiger partial charge >= 0.3 is 0 Å². The first-order valence-electron chi connectivity index (χ1n) is 7.22. The van der Waals surface area contributed by atoms with E-state index in [1.54, 1.807) is 0 Å². The molecule has 96 valence electrons. The Labute approximate surface area is 103 Å². The minimum absolute atomic E-state index is 1.18. The molecule has 0 unspecified atom stereocenters. The maximum absolute atomic E-state index is 2.52. The smallest absolute Gasteiger partial charge is 0.00190 e. The molecular weight excluding hydrogens is 194 g/mol. The highest BCUT2D eigenvalue weighted by atomic mass is 15.1. The third kappa shape index (κ3) is 10.2. The van der Waals surface area contributed by atoms with Crippen molar-refractivity contribution in [1.29, 1.82) is 0 Å². The van der Waals surface area contributed by atoms with Gasteiger partial charge in [-0.05, 0) is 45.3 Å². The van der Waals surface area contributed by atoms with E-state index in [4.69, 9.17) is 0 Å². The lowest BCUT2D eigenvalue weighted by Crippen LogP contribution is -2.23. The molecule has 0 heterocycles. The molecule has 0 spiro atoms. The second-order valence-electron chi connectivity index (χ2n) is 4.46. The number of hydrogen-bond acceptors (Lipinski definition) is 1. The molecule has 16 heavy (non-hydrogen) atoms. The molecule has 0 fully saturated rings. The number of nitrogens with zero attached hydrogens (tertiary/aromatic N) is 1. The van der Waals surface area contributed by atoms with Crippen LogP contribution in [0, 0.1) is 0 Å². The van der Waals surface area contributed by atoms with Gasteiger partial charge in [-0.1, -0.05) is 52.2 Å². The highest BCUT2D eigenvalue weighted by Crippen LogP contribution is 2.06. The van der Waals surface area contributed by atoms with Crippen molar-refractivity contribution in [3.8, 4) is 0 Å². The first-order valence-corrected chi connectivity index (χ1v) is 7.22. The molecule has 0 aliphatic heterocycles. The van der Waals surface area contributed by atoms with Gasteiger partial charge in [0.25, 0.3) is 0 Å². The van der Waals surface area contributed by atoms with Crippen molar-refractivity contribution in [3.63, 3.8) is 0 Å². The van der Waals surface area contributed by atoms with Gasteiger partial charge in [0.1, 0.15) is 0 Å². The number of rotatable bonds is 11. The van der Waals surface area contributed by atoms with Gasteiger partial charge in [-0.15, -0.1) is 0 Å². The summed E-state index contributed by atoms with van der Waals surface area (Å²) in [6.45, 7) is 10.4. The molecule has 0 saturated carbocycles. The Morgan fingerprint density at radius 2 is 1.38 bits per heavy atom. The fraction of sp³-hybridized carbons (Fsp3) is 0.867. The first-order chi connectivity index (χ1) is 7.85. The minimum Gasteiger partial charge on any atom is -0.304 e. The van der Waals surface area contributed by atoms with Crippen LogP contribution < -0.4 is 0 Å². The molecule has 0 N–H and O–H groups in total. The van der Waals surface area contributed by atoms with Crippen molar-refractivity contribution in [2.75, 3.05) is 19.6 Å². The maximum Gasteiger partial charge on any atom is -0.00190 e. The largest absolute Gasteiger partial charge is 0.304 e. The summed E-state index contributed by atoms with van der Waals surface area (Å²) in [6, 6.07) is 0. The van der Waals surface area contributed by atoms with Gasteiger partial charge < -0.3 is 4.90 Å². The summed E-state index contributed by atoms with van der Waals surface area (Å²) >= 11 is 0. The van der Waals surface area contributed by atoms with Gasteiger partial charge in [0, 0.05) is 0 Å². The van der Waals surface area contributed by atoms with Crippen LogP contribution in [0.1, 0.15) is 65.7 Å². The summed E-state index contributed by atoms with van der Waals surface area (Å²) in [4.78, 5) is 2.52. The second kappa shape index (κ2) is 12.8. The predicted molar refractivity (Wildman–Crippen MR) is 74.9 cm³/mol. The van der Waals surface area contributed by atoms with E-state index < -0.39 is 0 Å². The van der Waals surface area contributed by atoms with Gasteiger partial charge in [0.15, 0.2) is 0 Å². The Balaban J connectivity index is 3.12. The zero-order valence-electron chi connectivity index (χ0n) is 11.7. The Hall–Kier alpha value is -0.300. The summed E-state index contributed by atoms with van der Waals surface area (Å²) in [7, 11) is 0. The second-order valence-corrected chi connectivity index (χ2v) is 4.46. The zero-order chi connectivity index (χ0) is 12.1. The Morgan fingerprint density at radius 3 is 2.00 bits per heavy atom. The summed E-state index contributed by atoms with van der Waals surface area (Å²) in [5.74, 6) is 0. The van der Waals surface area contributed by atoms with E-state index in [1.807, 2.05) is 0 Å². The van der Waals surface area contributed by atoms with E-state index >= 15 is 0 Å². The van der Waals surface area contributed by atoms with Crippen molar-refractivity contribution in [2.24, 2.45) is 0 Å². The van der Waals surface area contributed by atoms with Crippen LogP contribution in [-0.4, -0.2) is 24.5 Å². The van der Waals surface area contributed by atoms with Crippen LogP contribution in [0.2, 0.25) is 0 Å². The van der Waals surface area contributed by atoms with Crippen LogP contribution >= 0.6 is 0 Å². The third-order valence-corrected chi connectivity index (χ3v) is 3.14. The lowest BCUT2D eigenvalue weighted by molar-refractivity contribution is 0.295. The number of allylic oxidation sites excluding steroid dienone is 2. The first kappa shape index (κ1) is 15.7. The fourth-order valence-electron chi connectivity index (χ4n) is 1.95. The molecule has 1 heteroatoms. The summed E-state index contributed by atoms with van der Waals surface area (Å²) in [5, 5.41) is 0. The normalized spacial score (nSPS) is 11.8. The third-order valence-electron chi connectivity index (χ3n) is 3.14. The molecule has 0 aromatic heterocycles. The fourth-order valence-corrected chi connectivity index (χ4v) is 1.95. The molecule has 0 aromatic rings. The van der Waals surface area contributed by atoms with Crippen LogP contribution in [0.4, 0.5) is 0 Å². The van der Waals surface area contributed by atoms with E-state index in [1.165, 1.54) is 64.6 Å². The van der Waals surface area contributed by atoms with Crippen LogP contribution in [-0.2, 0) is 0 Å².